The van der Waals surface area contributed by atoms with Crippen molar-refractivity contribution in [1.82, 2.24) is 4.90 Å². The van der Waals surface area contributed by atoms with Gasteiger partial charge in [0, 0.05) is 19.6 Å². The minimum Gasteiger partial charge on any atom is -0.294 e. The van der Waals surface area contributed by atoms with E-state index in [2.05, 4.69) is 89.1 Å². The Labute approximate surface area is 163 Å². The maximum Gasteiger partial charge on any atom is 0.0237 e. The smallest absolute Gasteiger partial charge is 0.0237 e. The minimum atomic E-state index is 0.259. The average molecular weight is 356 g/mol. The highest BCUT2D eigenvalue weighted by molar-refractivity contribution is 5.20. The molecule has 0 amide bonds. The lowest BCUT2D eigenvalue weighted by molar-refractivity contribution is 0.132. The molecule has 0 bridgehead atoms. The normalized spacial score (nSPS) is 12.0. The standard InChI is InChI=1S/C23H35N.C2H6/c1-8-9-13-20(2)16-24(17-21-14-11-10-12-15-21)19-23(6,7)18-22(3,4)5;1-2/h8-15H,1-2,16-19H2,3-7H3;1-2H3/b13-9-;. The number of nitrogens with zero attached hydrogens (tertiary/aromatic N) is 1. The Balaban J connectivity index is 0.00000301. The Morgan fingerprint density at radius 2 is 1.62 bits per heavy atom. The number of benzene rings is 1. The van der Waals surface area contributed by atoms with E-state index < -0.39 is 0 Å². The molecule has 0 aliphatic carbocycles. The van der Waals surface area contributed by atoms with Crippen molar-refractivity contribution in [1.29, 1.82) is 0 Å². The molecule has 0 spiro atoms. The summed E-state index contributed by atoms with van der Waals surface area (Å²) in [5, 5.41) is 0. The fraction of sp³-hybridized carbons (Fsp3) is 0.520. The lowest BCUT2D eigenvalue weighted by Crippen LogP contribution is -2.37. The highest BCUT2D eigenvalue weighted by atomic mass is 15.1. The monoisotopic (exact) mass is 355 g/mol. The maximum absolute atomic E-state index is 4.20. The summed E-state index contributed by atoms with van der Waals surface area (Å²) < 4.78 is 0. The molecule has 0 fully saturated rings. The molecule has 0 aliphatic heterocycles. The zero-order valence-electron chi connectivity index (χ0n) is 18.3. The van der Waals surface area contributed by atoms with Gasteiger partial charge in [-0.2, -0.15) is 0 Å². The number of rotatable bonds is 9. The van der Waals surface area contributed by atoms with E-state index in [0.29, 0.717) is 5.41 Å². The molecule has 0 aliphatic rings. The SMILES string of the molecule is C=C/C=C\C(=C)CN(Cc1ccccc1)CC(C)(C)CC(C)(C)C.CC. The summed E-state index contributed by atoms with van der Waals surface area (Å²) in [7, 11) is 0. The van der Waals surface area contributed by atoms with Crippen molar-refractivity contribution in [3.63, 3.8) is 0 Å². The van der Waals surface area contributed by atoms with Crippen molar-refractivity contribution in [3.8, 4) is 0 Å². The maximum atomic E-state index is 4.20. The van der Waals surface area contributed by atoms with Gasteiger partial charge in [-0.05, 0) is 28.4 Å². The topological polar surface area (TPSA) is 3.24 Å². The van der Waals surface area contributed by atoms with Crippen LogP contribution in [0.3, 0.4) is 0 Å². The molecule has 1 nitrogen and oxygen atoms in total. The first-order chi connectivity index (χ1) is 12.1. The first-order valence-electron chi connectivity index (χ1n) is 9.84. The van der Waals surface area contributed by atoms with Crippen molar-refractivity contribution < 1.29 is 0 Å². The van der Waals surface area contributed by atoms with Crippen LogP contribution in [0.1, 0.15) is 60.5 Å². The molecule has 1 aromatic rings. The lowest BCUT2D eigenvalue weighted by Gasteiger charge is -2.37. The Kier molecular flexibility index (Phi) is 11.2. The van der Waals surface area contributed by atoms with E-state index >= 15 is 0 Å². The molecular formula is C25H41N. The van der Waals surface area contributed by atoms with Crippen molar-refractivity contribution in [2.75, 3.05) is 13.1 Å². The van der Waals surface area contributed by atoms with Crippen LogP contribution >= 0.6 is 0 Å². The molecule has 0 unspecified atom stereocenters. The van der Waals surface area contributed by atoms with Crippen molar-refractivity contribution in [2.24, 2.45) is 10.8 Å². The second-order valence-corrected chi connectivity index (χ2v) is 8.79. The average Bonchev–Trinajstić information content (AvgIpc) is 2.53. The van der Waals surface area contributed by atoms with E-state index in [1.165, 1.54) is 12.0 Å². The molecule has 0 heterocycles. The van der Waals surface area contributed by atoms with Gasteiger partial charge in [-0.3, -0.25) is 4.90 Å². The van der Waals surface area contributed by atoms with E-state index in [1.54, 1.807) is 6.08 Å². The third-order valence-electron chi connectivity index (χ3n) is 3.80. The van der Waals surface area contributed by atoms with Gasteiger partial charge in [0.25, 0.3) is 0 Å². The van der Waals surface area contributed by atoms with E-state index in [-0.39, 0.29) is 5.41 Å². The summed E-state index contributed by atoms with van der Waals surface area (Å²) in [5.41, 5.74) is 3.07. The molecular weight excluding hydrogens is 314 g/mol. The van der Waals surface area contributed by atoms with E-state index in [1.807, 2.05) is 19.9 Å². The second-order valence-electron chi connectivity index (χ2n) is 8.79. The van der Waals surface area contributed by atoms with Gasteiger partial charge in [0.2, 0.25) is 0 Å². The van der Waals surface area contributed by atoms with Gasteiger partial charge in [-0.1, -0.05) is 110 Å². The van der Waals surface area contributed by atoms with Gasteiger partial charge in [0.15, 0.2) is 0 Å². The number of allylic oxidation sites excluding steroid dienone is 2. The van der Waals surface area contributed by atoms with E-state index in [0.717, 1.165) is 25.2 Å². The van der Waals surface area contributed by atoms with E-state index in [9.17, 15) is 0 Å². The Hall–Kier alpha value is -1.60. The minimum absolute atomic E-state index is 0.259. The van der Waals surface area contributed by atoms with Crippen LogP contribution in [0.2, 0.25) is 0 Å². The van der Waals surface area contributed by atoms with Crippen LogP contribution in [0.5, 0.6) is 0 Å². The van der Waals surface area contributed by atoms with Gasteiger partial charge in [0.05, 0.1) is 0 Å². The molecule has 0 saturated heterocycles. The fourth-order valence-corrected chi connectivity index (χ4v) is 3.65. The third-order valence-corrected chi connectivity index (χ3v) is 3.80. The summed E-state index contributed by atoms with van der Waals surface area (Å²) in [6.45, 7) is 26.5. The molecule has 0 aromatic heterocycles. The number of hydrogen-bond donors (Lipinski definition) is 0. The van der Waals surface area contributed by atoms with Crippen LogP contribution in [-0.4, -0.2) is 18.0 Å². The van der Waals surface area contributed by atoms with Gasteiger partial charge in [-0.15, -0.1) is 0 Å². The molecule has 0 saturated carbocycles. The summed E-state index contributed by atoms with van der Waals surface area (Å²) in [6.07, 6.45) is 7.02. The predicted molar refractivity (Wildman–Crippen MR) is 119 cm³/mol. The van der Waals surface area contributed by atoms with Crippen molar-refractivity contribution in [3.05, 3.63) is 72.9 Å². The molecule has 0 atom stereocenters. The molecule has 146 valence electrons. The summed E-state index contributed by atoms with van der Waals surface area (Å²) in [5.74, 6) is 0. The molecule has 0 N–H and O–H groups in total. The zero-order chi connectivity index (χ0) is 20.2. The van der Waals surface area contributed by atoms with Crippen molar-refractivity contribution in [2.45, 2.75) is 61.4 Å². The van der Waals surface area contributed by atoms with Crippen LogP contribution < -0.4 is 0 Å². The van der Waals surface area contributed by atoms with E-state index in [4.69, 9.17) is 0 Å². The zero-order valence-corrected chi connectivity index (χ0v) is 18.3. The molecule has 1 rings (SSSR count). The van der Waals surface area contributed by atoms with Gasteiger partial charge in [0.1, 0.15) is 0 Å². The molecule has 1 heteroatoms. The van der Waals surface area contributed by atoms with Crippen LogP contribution in [0.15, 0.2) is 67.3 Å². The Bertz CT molecular complexity index is 543. The third kappa shape index (κ3) is 11.9. The first-order valence-corrected chi connectivity index (χ1v) is 9.84. The second kappa shape index (κ2) is 11.9. The van der Waals surface area contributed by atoms with Gasteiger partial charge < -0.3 is 0 Å². The van der Waals surface area contributed by atoms with Gasteiger partial charge in [-0.25, -0.2) is 0 Å². The predicted octanol–water partition coefficient (Wildman–Crippen LogP) is 7.28. The van der Waals surface area contributed by atoms with Crippen LogP contribution in [-0.2, 0) is 6.54 Å². The molecule has 1 aromatic carbocycles. The Morgan fingerprint density at radius 1 is 1.04 bits per heavy atom. The number of hydrogen-bond acceptors (Lipinski definition) is 1. The highest BCUT2D eigenvalue weighted by Crippen LogP contribution is 2.34. The summed E-state index contributed by atoms with van der Waals surface area (Å²) in [6, 6.07) is 10.7. The van der Waals surface area contributed by atoms with Crippen LogP contribution in [0, 0.1) is 10.8 Å². The van der Waals surface area contributed by atoms with Crippen LogP contribution in [0.4, 0.5) is 0 Å². The summed E-state index contributed by atoms with van der Waals surface area (Å²) in [4.78, 5) is 2.51. The van der Waals surface area contributed by atoms with Crippen molar-refractivity contribution >= 4 is 0 Å². The molecule has 26 heavy (non-hydrogen) atoms. The lowest BCUT2D eigenvalue weighted by atomic mass is 9.76. The largest absolute Gasteiger partial charge is 0.294 e. The molecule has 0 radical (unpaired) electrons. The quantitative estimate of drug-likeness (QED) is 0.421. The van der Waals surface area contributed by atoms with Gasteiger partial charge >= 0.3 is 0 Å². The van der Waals surface area contributed by atoms with Crippen LogP contribution in [0.25, 0.3) is 0 Å². The fourth-order valence-electron chi connectivity index (χ4n) is 3.65. The summed E-state index contributed by atoms with van der Waals surface area (Å²) >= 11 is 0. The Morgan fingerprint density at radius 3 is 2.12 bits per heavy atom. The first kappa shape index (κ1) is 24.4. The highest BCUT2D eigenvalue weighted by Gasteiger charge is 2.27.